The number of hydrogen-bond acceptors (Lipinski definition) is 3. The average molecular weight is 231 g/mol. The van der Waals surface area contributed by atoms with E-state index in [2.05, 4.69) is 31.0 Å². The number of rotatable bonds is 1. The van der Waals surface area contributed by atoms with E-state index in [1.807, 2.05) is 18.5 Å². The van der Waals surface area contributed by atoms with Crippen molar-refractivity contribution in [3.05, 3.63) is 35.8 Å². The van der Waals surface area contributed by atoms with Gasteiger partial charge in [0.05, 0.1) is 17.8 Å². The zero-order valence-electron chi connectivity index (χ0n) is 5.75. The molecule has 2 aliphatic heterocycles. The third-order valence-corrected chi connectivity index (χ3v) is 2.92. The van der Waals surface area contributed by atoms with E-state index in [1.165, 1.54) is 11.3 Å². The lowest BCUT2D eigenvalue weighted by Gasteiger charge is -2.18. The van der Waals surface area contributed by atoms with E-state index in [9.17, 15) is 0 Å². The molecule has 2 aliphatic rings. The first kappa shape index (κ1) is 7.31. The van der Waals surface area contributed by atoms with Gasteiger partial charge in [-0.2, -0.15) is 0 Å². The summed E-state index contributed by atoms with van der Waals surface area (Å²) in [5.74, 6) is 0. The van der Waals surface area contributed by atoms with Crippen molar-refractivity contribution in [3.8, 4) is 0 Å². The van der Waals surface area contributed by atoms with Crippen LogP contribution in [0.4, 0.5) is 0 Å². The standard InChI is InChI=1S/C7H7BrN2S/c8-4-6-2-1-3-10-7(6)5-9-11-10/h1-3,5,9H,4H2. The highest BCUT2D eigenvalue weighted by Gasteiger charge is 2.18. The minimum Gasteiger partial charge on any atom is -0.316 e. The predicted octanol–water partition coefficient (Wildman–Crippen LogP) is 2.14. The Morgan fingerprint density at radius 3 is 3.36 bits per heavy atom. The van der Waals surface area contributed by atoms with Crippen molar-refractivity contribution in [2.24, 2.45) is 0 Å². The lowest BCUT2D eigenvalue weighted by Crippen LogP contribution is -2.09. The number of nitrogens with one attached hydrogen (secondary N) is 1. The quantitative estimate of drug-likeness (QED) is 0.549. The number of allylic oxidation sites excluding steroid dienone is 3. The van der Waals surface area contributed by atoms with Gasteiger partial charge in [-0.15, -0.1) is 0 Å². The molecule has 0 aromatic carbocycles. The Morgan fingerprint density at radius 2 is 2.55 bits per heavy atom. The van der Waals surface area contributed by atoms with Gasteiger partial charge in [-0.25, -0.2) is 0 Å². The van der Waals surface area contributed by atoms with Gasteiger partial charge in [0, 0.05) is 17.7 Å². The fraction of sp³-hybridized carbons (Fsp3) is 0.143. The summed E-state index contributed by atoms with van der Waals surface area (Å²) in [6.07, 6.45) is 8.22. The van der Waals surface area contributed by atoms with Crippen LogP contribution in [0.5, 0.6) is 0 Å². The minimum absolute atomic E-state index is 0.905. The van der Waals surface area contributed by atoms with Crippen molar-refractivity contribution in [1.82, 2.24) is 9.03 Å². The van der Waals surface area contributed by atoms with Crippen LogP contribution in [-0.2, 0) is 0 Å². The molecule has 0 unspecified atom stereocenters. The number of hydrogen-bond donors (Lipinski definition) is 1. The molecule has 4 heteroatoms. The fourth-order valence-corrected chi connectivity index (χ4v) is 2.18. The van der Waals surface area contributed by atoms with Crippen molar-refractivity contribution < 1.29 is 0 Å². The third kappa shape index (κ3) is 1.20. The van der Waals surface area contributed by atoms with Gasteiger partial charge in [0.2, 0.25) is 0 Å². The van der Waals surface area contributed by atoms with Gasteiger partial charge in [-0.1, -0.05) is 22.0 Å². The topological polar surface area (TPSA) is 15.3 Å². The Balaban J connectivity index is 2.31. The maximum atomic E-state index is 3.44. The van der Waals surface area contributed by atoms with Crippen LogP contribution in [0, 0.1) is 0 Å². The number of halogens is 1. The molecule has 2 rings (SSSR count). The molecule has 0 fully saturated rings. The highest BCUT2D eigenvalue weighted by atomic mass is 79.9. The monoisotopic (exact) mass is 230 g/mol. The first-order chi connectivity index (χ1) is 5.42. The van der Waals surface area contributed by atoms with Gasteiger partial charge in [-0.3, -0.25) is 4.31 Å². The second-order valence-electron chi connectivity index (χ2n) is 2.23. The Labute approximate surface area is 78.4 Å². The highest BCUT2D eigenvalue weighted by Crippen LogP contribution is 2.30. The predicted molar refractivity (Wildman–Crippen MR) is 51.7 cm³/mol. The van der Waals surface area contributed by atoms with E-state index < -0.39 is 0 Å². The van der Waals surface area contributed by atoms with Crippen molar-refractivity contribution >= 4 is 28.1 Å². The number of alkyl halides is 1. The fourth-order valence-electron chi connectivity index (χ4n) is 1.03. The van der Waals surface area contributed by atoms with E-state index in [1.54, 1.807) is 12.1 Å². The van der Waals surface area contributed by atoms with E-state index >= 15 is 0 Å². The summed E-state index contributed by atoms with van der Waals surface area (Å²) in [5, 5.41) is 0.905. The second-order valence-corrected chi connectivity index (χ2v) is 3.60. The van der Waals surface area contributed by atoms with Gasteiger partial charge < -0.3 is 4.72 Å². The van der Waals surface area contributed by atoms with Crippen LogP contribution < -0.4 is 4.72 Å². The largest absolute Gasteiger partial charge is 0.316 e. The van der Waals surface area contributed by atoms with Crippen LogP contribution in [0.15, 0.2) is 35.8 Å². The smallest absolute Gasteiger partial charge is 0.0741 e. The minimum atomic E-state index is 0.905. The Hall–Kier alpha value is -0.350. The normalized spacial score (nSPS) is 20.6. The van der Waals surface area contributed by atoms with Crippen LogP contribution in [0.1, 0.15) is 0 Å². The SMILES string of the molecule is BrCC1=CC=CN2SNC=C12. The first-order valence-electron chi connectivity index (χ1n) is 3.27. The first-order valence-corrected chi connectivity index (χ1v) is 5.17. The molecule has 0 saturated heterocycles. The maximum Gasteiger partial charge on any atom is 0.0741 e. The molecule has 0 saturated carbocycles. The Bertz CT molecular complexity index is 257. The lowest BCUT2D eigenvalue weighted by atomic mass is 10.2. The van der Waals surface area contributed by atoms with Crippen molar-refractivity contribution in [2.45, 2.75) is 0 Å². The Morgan fingerprint density at radius 1 is 1.64 bits per heavy atom. The molecule has 0 spiro atoms. The van der Waals surface area contributed by atoms with E-state index in [0.717, 1.165) is 5.33 Å². The molecule has 58 valence electrons. The number of fused-ring (bicyclic) bond motifs is 1. The third-order valence-electron chi connectivity index (χ3n) is 1.58. The molecule has 1 N–H and O–H groups in total. The molecule has 0 bridgehead atoms. The molecular weight excluding hydrogens is 224 g/mol. The summed E-state index contributed by atoms with van der Waals surface area (Å²) in [7, 11) is 0. The van der Waals surface area contributed by atoms with Crippen molar-refractivity contribution in [1.29, 1.82) is 0 Å². The highest BCUT2D eigenvalue weighted by molar-refractivity contribution is 9.09. The maximum absolute atomic E-state index is 3.44. The van der Waals surface area contributed by atoms with Gasteiger partial charge in [0.25, 0.3) is 0 Å². The van der Waals surface area contributed by atoms with Gasteiger partial charge in [0.15, 0.2) is 0 Å². The van der Waals surface area contributed by atoms with Crippen LogP contribution in [0.2, 0.25) is 0 Å². The van der Waals surface area contributed by atoms with Gasteiger partial charge in [0.1, 0.15) is 0 Å². The summed E-state index contributed by atoms with van der Waals surface area (Å²) in [5.41, 5.74) is 2.55. The summed E-state index contributed by atoms with van der Waals surface area (Å²) < 4.78 is 5.20. The summed E-state index contributed by atoms with van der Waals surface area (Å²) in [4.78, 5) is 0. The average Bonchev–Trinajstić information content (AvgIpc) is 2.50. The summed E-state index contributed by atoms with van der Waals surface area (Å²) in [6.45, 7) is 0. The molecule has 2 nitrogen and oxygen atoms in total. The molecule has 11 heavy (non-hydrogen) atoms. The second kappa shape index (κ2) is 2.95. The van der Waals surface area contributed by atoms with Gasteiger partial charge >= 0.3 is 0 Å². The Kier molecular flexibility index (Phi) is 1.96. The summed E-state index contributed by atoms with van der Waals surface area (Å²) in [6, 6.07) is 0. The molecular formula is C7H7BrN2S. The molecule has 0 atom stereocenters. The molecule has 2 heterocycles. The van der Waals surface area contributed by atoms with Gasteiger partial charge in [-0.05, 0) is 11.6 Å². The van der Waals surface area contributed by atoms with Crippen LogP contribution >= 0.6 is 28.1 Å². The van der Waals surface area contributed by atoms with Crippen LogP contribution in [0.25, 0.3) is 0 Å². The van der Waals surface area contributed by atoms with E-state index in [4.69, 9.17) is 0 Å². The zero-order valence-corrected chi connectivity index (χ0v) is 8.15. The van der Waals surface area contributed by atoms with Crippen molar-refractivity contribution in [2.75, 3.05) is 5.33 Å². The van der Waals surface area contributed by atoms with E-state index in [-0.39, 0.29) is 0 Å². The summed E-state index contributed by atoms with van der Waals surface area (Å²) >= 11 is 5.03. The lowest BCUT2D eigenvalue weighted by molar-refractivity contribution is 0.787. The van der Waals surface area contributed by atoms with E-state index in [0.29, 0.717) is 0 Å². The molecule has 0 aromatic heterocycles. The van der Waals surface area contributed by atoms with Crippen LogP contribution in [0.3, 0.4) is 0 Å². The van der Waals surface area contributed by atoms with Crippen LogP contribution in [-0.4, -0.2) is 9.64 Å². The molecule has 0 aromatic rings. The number of nitrogens with zero attached hydrogens (tertiary/aromatic N) is 1. The molecule has 0 radical (unpaired) electrons. The molecule has 0 amide bonds. The van der Waals surface area contributed by atoms with Crippen molar-refractivity contribution in [3.63, 3.8) is 0 Å². The molecule has 0 aliphatic carbocycles. The zero-order chi connectivity index (χ0) is 7.68.